The molecule has 2 aliphatic carbocycles. The third kappa shape index (κ3) is 8.07. The van der Waals surface area contributed by atoms with Crippen LogP contribution in [0.1, 0.15) is 82.8 Å². The van der Waals surface area contributed by atoms with E-state index in [4.69, 9.17) is 0 Å². The molecule has 0 aromatic heterocycles. The predicted molar refractivity (Wildman–Crippen MR) is 130 cm³/mol. The van der Waals surface area contributed by atoms with E-state index in [0.29, 0.717) is 11.8 Å². The van der Waals surface area contributed by atoms with Crippen molar-refractivity contribution in [2.24, 2.45) is 0 Å². The van der Waals surface area contributed by atoms with Crippen LogP contribution in [-0.2, 0) is 20.0 Å². The molecule has 5 rings (SSSR count). The van der Waals surface area contributed by atoms with Gasteiger partial charge in [0.15, 0.2) is 0 Å². The summed E-state index contributed by atoms with van der Waals surface area (Å²) in [7, 11) is 0. The number of rotatable bonds is 2. The average molecular weight is 501 g/mol. The van der Waals surface area contributed by atoms with Crippen molar-refractivity contribution in [1.82, 2.24) is 0 Å². The van der Waals surface area contributed by atoms with Crippen LogP contribution < -0.4 is 24.8 Å². The maximum absolute atomic E-state index is 2.99. The molecule has 1 saturated carbocycles. The summed E-state index contributed by atoms with van der Waals surface area (Å²) in [6.07, 6.45) is 15.7. The molecule has 0 aliphatic heterocycles. The van der Waals surface area contributed by atoms with E-state index in [1.807, 2.05) is 12.2 Å². The Labute approximate surface area is 218 Å². The van der Waals surface area contributed by atoms with Crippen LogP contribution in [0.25, 0.3) is 21.5 Å². The fourth-order valence-corrected chi connectivity index (χ4v) is 4.45. The molecule has 0 atom stereocenters. The van der Waals surface area contributed by atoms with Gasteiger partial charge in [-0.25, -0.2) is 12.2 Å². The molecule has 1 fully saturated rings. The Hall–Kier alpha value is -1.05. The second-order valence-electron chi connectivity index (χ2n) is 8.96. The summed E-state index contributed by atoms with van der Waals surface area (Å²) in [4.78, 5) is 0. The first kappa shape index (κ1) is 29.0. The van der Waals surface area contributed by atoms with Crippen molar-refractivity contribution in [2.45, 2.75) is 71.6 Å². The number of fused-ring (bicyclic) bond motifs is 3. The van der Waals surface area contributed by atoms with Crippen LogP contribution in [0.2, 0.25) is 0 Å². The zero-order valence-electron chi connectivity index (χ0n) is 19.7. The minimum atomic E-state index is 0. The standard InChI is InChI=1S/C19H21.C5H8.C5H5.2ClH.Ti/c1-12(2)14-5-7-16-9-17-8-6-15(13(3)4)11-19(17)18(16)10-14;2*1-2-4-5-3-1;;;/h5-13H,1-4H3;1-4H2;1-3H,4H2;2*1H;/q-1;;-1;;;+2/p-2. The third-order valence-electron chi connectivity index (χ3n) is 5.88. The van der Waals surface area contributed by atoms with E-state index in [1.165, 1.54) is 58.4 Å². The van der Waals surface area contributed by atoms with Crippen molar-refractivity contribution in [2.75, 3.05) is 0 Å². The first-order chi connectivity index (χ1) is 14.5. The molecule has 0 radical (unpaired) electrons. The van der Waals surface area contributed by atoms with Gasteiger partial charge in [-0.15, -0.1) is 46.2 Å². The summed E-state index contributed by atoms with van der Waals surface area (Å²) in [6.45, 7) is 9.02. The molecule has 0 heterocycles. The molecular weight excluding hydrogens is 467 g/mol. The van der Waals surface area contributed by atoms with E-state index in [1.54, 1.807) is 3.81 Å². The van der Waals surface area contributed by atoms with Crippen LogP contribution in [0.15, 0.2) is 60.7 Å². The fourth-order valence-electron chi connectivity index (χ4n) is 3.89. The molecule has 3 heteroatoms. The van der Waals surface area contributed by atoms with Crippen molar-refractivity contribution in [3.63, 3.8) is 0 Å². The molecule has 0 N–H and O–H groups in total. The van der Waals surface area contributed by atoms with Gasteiger partial charge in [0.2, 0.25) is 0 Å². The van der Waals surface area contributed by atoms with Crippen LogP contribution in [0, 0.1) is 6.08 Å². The Morgan fingerprint density at radius 3 is 1.59 bits per heavy atom. The molecular formula is C29H34Cl2Ti-2. The molecule has 0 saturated heterocycles. The Balaban J connectivity index is 0.000000325. The van der Waals surface area contributed by atoms with E-state index in [9.17, 15) is 0 Å². The number of hydrogen-bond donors (Lipinski definition) is 0. The number of allylic oxidation sites excluding steroid dienone is 4. The molecule has 0 bridgehead atoms. The SMILES string of the molecule is CC(C)c1ccc2[cH-]c3ccc(C(C)C)cc3c2c1.[C-]1=CC=CC1.[Cl-].[Cl-].[Ti+2]=[C]1CCCC1. The van der Waals surface area contributed by atoms with Gasteiger partial charge in [0, 0.05) is 0 Å². The number of hydrogen-bond acceptors (Lipinski definition) is 0. The Morgan fingerprint density at radius 2 is 1.31 bits per heavy atom. The summed E-state index contributed by atoms with van der Waals surface area (Å²) in [5.41, 5.74) is 2.85. The third-order valence-corrected chi connectivity index (χ3v) is 6.66. The number of halogens is 2. The van der Waals surface area contributed by atoms with Gasteiger partial charge < -0.3 is 24.8 Å². The van der Waals surface area contributed by atoms with Crippen LogP contribution in [0.5, 0.6) is 0 Å². The molecule has 170 valence electrons. The van der Waals surface area contributed by atoms with E-state index in [0.717, 1.165) is 6.42 Å². The minimum absolute atomic E-state index is 0. The first-order valence-corrected chi connectivity index (χ1v) is 12.1. The fraction of sp³-hybridized carbons (Fsp3) is 0.379. The molecule has 3 aromatic carbocycles. The van der Waals surface area contributed by atoms with Crippen LogP contribution in [-0.4, -0.2) is 3.81 Å². The summed E-state index contributed by atoms with van der Waals surface area (Å²) in [5, 5.41) is 5.54. The summed E-state index contributed by atoms with van der Waals surface area (Å²) < 4.78 is 1.70. The van der Waals surface area contributed by atoms with Crippen molar-refractivity contribution < 1.29 is 44.8 Å². The van der Waals surface area contributed by atoms with E-state index < -0.39 is 0 Å². The Morgan fingerprint density at radius 1 is 0.812 bits per heavy atom. The monoisotopic (exact) mass is 500 g/mol. The molecule has 2 aliphatic rings. The average Bonchev–Trinajstić information content (AvgIpc) is 3.50. The second-order valence-corrected chi connectivity index (χ2v) is 10.1. The normalized spacial score (nSPS) is 14.2. The van der Waals surface area contributed by atoms with Gasteiger partial charge in [-0.2, -0.15) is 6.08 Å². The maximum atomic E-state index is 2.99. The van der Waals surface area contributed by atoms with E-state index >= 15 is 0 Å². The van der Waals surface area contributed by atoms with Crippen molar-refractivity contribution in [3.8, 4) is 0 Å². The topological polar surface area (TPSA) is 0 Å². The van der Waals surface area contributed by atoms with Gasteiger partial charge >= 0.3 is 49.5 Å². The Kier molecular flexibility index (Phi) is 12.9. The zero-order chi connectivity index (χ0) is 21.5. The summed E-state index contributed by atoms with van der Waals surface area (Å²) in [6, 6.07) is 16.1. The van der Waals surface area contributed by atoms with Crippen molar-refractivity contribution >= 4 is 25.4 Å². The van der Waals surface area contributed by atoms with Crippen LogP contribution >= 0.6 is 0 Å². The molecule has 3 aromatic rings. The number of benzene rings is 2. The molecule has 0 spiro atoms. The summed E-state index contributed by atoms with van der Waals surface area (Å²) in [5.74, 6) is 1.17. The van der Waals surface area contributed by atoms with Gasteiger partial charge in [0.05, 0.1) is 0 Å². The van der Waals surface area contributed by atoms with Gasteiger partial charge in [-0.05, 0) is 11.8 Å². The Bertz CT molecular complexity index is 973. The van der Waals surface area contributed by atoms with Crippen LogP contribution in [0.4, 0.5) is 0 Å². The van der Waals surface area contributed by atoms with Crippen LogP contribution in [0.3, 0.4) is 0 Å². The van der Waals surface area contributed by atoms with Crippen molar-refractivity contribution in [1.29, 1.82) is 0 Å². The molecule has 0 unspecified atom stereocenters. The van der Waals surface area contributed by atoms with E-state index in [2.05, 4.69) is 102 Å². The van der Waals surface area contributed by atoms with E-state index in [-0.39, 0.29) is 24.8 Å². The molecule has 0 nitrogen and oxygen atoms in total. The predicted octanol–water partition coefficient (Wildman–Crippen LogP) is 2.55. The zero-order valence-corrected chi connectivity index (χ0v) is 22.8. The molecule has 32 heavy (non-hydrogen) atoms. The first-order valence-electron chi connectivity index (χ1n) is 11.4. The summed E-state index contributed by atoms with van der Waals surface area (Å²) >= 11 is 2.26. The quantitative estimate of drug-likeness (QED) is 0.374. The van der Waals surface area contributed by atoms with Gasteiger partial charge in [-0.1, -0.05) is 63.1 Å². The van der Waals surface area contributed by atoms with Gasteiger partial charge in [-0.3, -0.25) is 6.08 Å². The second kappa shape index (κ2) is 14.3. The van der Waals surface area contributed by atoms with Gasteiger partial charge in [0.1, 0.15) is 0 Å². The molecule has 0 amide bonds. The van der Waals surface area contributed by atoms with Gasteiger partial charge in [0.25, 0.3) is 0 Å². The van der Waals surface area contributed by atoms with Crippen molar-refractivity contribution in [3.05, 3.63) is 77.9 Å².